The van der Waals surface area contributed by atoms with E-state index in [0.717, 1.165) is 32.1 Å². The van der Waals surface area contributed by atoms with Gasteiger partial charge in [-0.1, -0.05) is 39.8 Å². The van der Waals surface area contributed by atoms with Gasteiger partial charge in [-0.25, -0.2) is 0 Å². The summed E-state index contributed by atoms with van der Waals surface area (Å²) in [5, 5.41) is 10.4. The number of hydrogen-bond donors (Lipinski definition) is 1. The van der Waals surface area contributed by atoms with Crippen LogP contribution in [-0.2, 0) is 14.3 Å². The second-order valence-electron chi connectivity index (χ2n) is 14.8. The lowest BCUT2D eigenvalue weighted by atomic mass is 9.32. The normalized spacial score (nSPS) is 52.0. The van der Waals surface area contributed by atoms with Crippen molar-refractivity contribution in [2.24, 2.45) is 56.7 Å². The number of ether oxygens (including phenoxy) is 1. The van der Waals surface area contributed by atoms with Crippen LogP contribution in [0.25, 0.3) is 0 Å². The zero-order valence-corrected chi connectivity index (χ0v) is 23.8. The highest BCUT2D eigenvalue weighted by molar-refractivity contribution is 5.86. The zero-order valence-electron chi connectivity index (χ0n) is 23.8. The quantitative estimate of drug-likeness (QED) is 0.344. The Morgan fingerprint density at radius 1 is 0.944 bits per heavy atom. The summed E-state index contributed by atoms with van der Waals surface area (Å²) in [4.78, 5) is 24.9. The van der Waals surface area contributed by atoms with Gasteiger partial charge in [0.25, 0.3) is 0 Å². The topological polar surface area (TPSA) is 63.6 Å². The number of hydrogen-bond acceptors (Lipinski definition) is 4. The first-order valence-electron chi connectivity index (χ1n) is 14.7. The molecule has 0 bridgehead atoms. The third-order valence-electron chi connectivity index (χ3n) is 13.7. The van der Waals surface area contributed by atoms with Crippen LogP contribution in [0.3, 0.4) is 0 Å². The Balaban J connectivity index is 1.53. The minimum Gasteiger partial charge on any atom is -0.465 e. The highest BCUT2D eigenvalue weighted by Gasteiger charge is 2.71. The van der Waals surface area contributed by atoms with Crippen LogP contribution in [0.2, 0.25) is 0 Å². The van der Waals surface area contributed by atoms with Crippen molar-refractivity contribution in [2.45, 2.75) is 106 Å². The Hall–Kier alpha value is -1.16. The molecule has 5 fully saturated rings. The molecule has 36 heavy (non-hydrogen) atoms. The molecular formula is C32H50O4. The van der Waals surface area contributed by atoms with E-state index in [0.29, 0.717) is 36.7 Å². The molecule has 4 nitrogen and oxygen atoms in total. The standard InChI is InChI=1S/C32H50O4/c1-20(2)22-10-15-32(19-36-21(3)34)17-16-30(6)23(27(22)32)8-9-25-28(4)13-12-26(35)29(5,18-33)24(28)11-14-31(25,30)7/h22-25,27,33H,1,8-19H2,2-7H3/t22-,23+,24+,25+,27+,28-,29-,30+,31+,32+/m0/s1. The number of rotatable bonds is 4. The molecule has 5 rings (SSSR count). The lowest BCUT2D eigenvalue weighted by Gasteiger charge is -2.72. The van der Waals surface area contributed by atoms with Crippen molar-refractivity contribution in [2.75, 3.05) is 13.2 Å². The van der Waals surface area contributed by atoms with Gasteiger partial charge in [-0.05, 0) is 111 Å². The number of esters is 1. The molecule has 0 amide bonds. The van der Waals surface area contributed by atoms with Crippen LogP contribution in [0.5, 0.6) is 0 Å². The van der Waals surface area contributed by atoms with Crippen molar-refractivity contribution in [1.82, 2.24) is 0 Å². The minimum atomic E-state index is -0.589. The average Bonchev–Trinajstić information content (AvgIpc) is 3.21. The maximum absolute atomic E-state index is 13.0. The van der Waals surface area contributed by atoms with Gasteiger partial charge >= 0.3 is 5.97 Å². The third-order valence-corrected chi connectivity index (χ3v) is 13.7. The average molecular weight is 499 g/mol. The molecule has 5 aliphatic rings. The van der Waals surface area contributed by atoms with Gasteiger partial charge in [0.15, 0.2) is 0 Å². The summed E-state index contributed by atoms with van der Waals surface area (Å²) in [5.74, 6) is 2.64. The summed E-state index contributed by atoms with van der Waals surface area (Å²) in [6.07, 6.45) is 10.9. The number of aliphatic hydroxyl groups is 1. The van der Waals surface area contributed by atoms with E-state index in [9.17, 15) is 14.7 Å². The summed E-state index contributed by atoms with van der Waals surface area (Å²) < 4.78 is 5.77. The Morgan fingerprint density at radius 3 is 2.31 bits per heavy atom. The van der Waals surface area contributed by atoms with Gasteiger partial charge in [0, 0.05) is 18.8 Å². The highest BCUT2D eigenvalue weighted by atomic mass is 16.5. The van der Waals surface area contributed by atoms with Crippen molar-refractivity contribution >= 4 is 11.8 Å². The fourth-order valence-corrected chi connectivity index (χ4v) is 11.6. The predicted molar refractivity (Wildman–Crippen MR) is 142 cm³/mol. The summed E-state index contributed by atoms with van der Waals surface area (Å²) >= 11 is 0. The van der Waals surface area contributed by atoms with Crippen molar-refractivity contribution in [3.8, 4) is 0 Å². The van der Waals surface area contributed by atoms with Crippen molar-refractivity contribution in [3.05, 3.63) is 12.2 Å². The number of carbonyl (C=O) groups excluding carboxylic acids is 2. The number of Topliss-reactive ketones (excluding diaryl/α,β-unsaturated/α-hetero) is 1. The molecule has 0 unspecified atom stereocenters. The van der Waals surface area contributed by atoms with Crippen molar-refractivity contribution < 1.29 is 19.4 Å². The van der Waals surface area contributed by atoms with E-state index in [-0.39, 0.29) is 45.9 Å². The number of allylic oxidation sites excluding steroid dienone is 1. The lowest BCUT2D eigenvalue weighted by Crippen LogP contribution is -2.67. The van der Waals surface area contributed by atoms with Gasteiger partial charge in [-0.2, -0.15) is 0 Å². The van der Waals surface area contributed by atoms with Crippen LogP contribution >= 0.6 is 0 Å². The number of ketones is 1. The Bertz CT molecular complexity index is 956. The Kier molecular flexibility index (Phi) is 6.18. The summed E-state index contributed by atoms with van der Waals surface area (Å²) in [5.41, 5.74) is 1.35. The molecule has 0 aromatic carbocycles. The van der Waals surface area contributed by atoms with Gasteiger partial charge < -0.3 is 9.84 Å². The Morgan fingerprint density at radius 2 is 1.67 bits per heavy atom. The lowest BCUT2D eigenvalue weighted by molar-refractivity contribution is -0.240. The number of carbonyl (C=O) groups is 2. The van der Waals surface area contributed by atoms with E-state index in [4.69, 9.17) is 4.74 Å². The molecule has 4 heteroatoms. The van der Waals surface area contributed by atoms with E-state index < -0.39 is 5.41 Å². The molecule has 5 aliphatic carbocycles. The number of fused-ring (bicyclic) bond motifs is 7. The van der Waals surface area contributed by atoms with Gasteiger partial charge in [-0.15, -0.1) is 0 Å². The van der Waals surface area contributed by atoms with Gasteiger partial charge in [-0.3, -0.25) is 9.59 Å². The molecule has 0 aromatic heterocycles. The van der Waals surface area contributed by atoms with Crippen LogP contribution in [0.1, 0.15) is 106 Å². The molecule has 0 aromatic rings. The third kappa shape index (κ3) is 3.27. The highest BCUT2D eigenvalue weighted by Crippen LogP contribution is 2.77. The maximum atomic E-state index is 13.0. The predicted octanol–water partition coefficient (Wildman–Crippen LogP) is 6.75. The first kappa shape index (κ1) is 26.4. The molecule has 202 valence electrons. The Labute approximate surface area is 219 Å². The molecule has 0 spiro atoms. The maximum Gasteiger partial charge on any atom is 0.302 e. The van der Waals surface area contributed by atoms with Crippen molar-refractivity contribution in [3.63, 3.8) is 0 Å². The summed E-state index contributed by atoms with van der Waals surface area (Å²) in [6.45, 7) is 18.5. The van der Waals surface area contributed by atoms with Crippen LogP contribution in [0, 0.1) is 56.7 Å². The second-order valence-corrected chi connectivity index (χ2v) is 14.8. The fraction of sp³-hybridized carbons (Fsp3) is 0.875. The van der Waals surface area contributed by atoms with Crippen molar-refractivity contribution in [1.29, 1.82) is 0 Å². The minimum absolute atomic E-state index is 0.0174. The molecule has 10 atom stereocenters. The van der Waals surface area contributed by atoms with Gasteiger partial charge in [0.2, 0.25) is 0 Å². The SMILES string of the molecule is C=C(C)[C@@H]1CC[C@]2(COC(C)=O)CC[C@]3(C)[C@H](CC[C@@H]4[C@@]5(C)CCC(=O)[C@@](C)(CO)[C@@H]5CC[C@]43C)[C@@H]12. The van der Waals surface area contributed by atoms with Crippen LogP contribution in [0.15, 0.2) is 12.2 Å². The fourth-order valence-electron chi connectivity index (χ4n) is 11.6. The second kappa shape index (κ2) is 8.42. The first-order valence-corrected chi connectivity index (χ1v) is 14.7. The first-order chi connectivity index (χ1) is 16.8. The molecule has 5 saturated carbocycles. The van der Waals surface area contributed by atoms with E-state index >= 15 is 0 Å². The van der Waals surface area contributed by atoms with E-state index in [1.807, 2.05) is 6.92 Å². The molecule has 0 aliphatic heterocycles. The number of aliphatic hydroxyl groups excluding tert-OH is 1. The monoisotopic (exact) mass is 498 g/mol. The van der Waals surface area contributed by atoms with Crippen LogP contribution in [0.4, 0.5) is 0 Å². The van der Waals surface area contributed by atoms with E-state index in [1.54, 1.807) is 6.92 Å². The van der Waals surface area contributed by atoms with Gasteiger partial charge in [0.1, 0.15) is 5.78 Å². The van der Waals surface area contributed by atoms with E-state index in [1.165, 1.54) is 31.3 Å². The van der Waals surface area contributed by atoms with E-state index in [2.05, 4.69) is 34.3 Å². The zero-order chi connectivity index (χ0) is 26.3. The molecule has 1 N–H and O–H groups in total. The smallest absolute Gasteiger partial charge is 0.302 e. The molecule has 0 saturated heterocycles. The molecule has 0 heterocycles. The summed E-state index contributed by atoms with van der Waals surface area (Å²) in [7, 11) is 0. The largest absolute Gasteiger partial charge is 0.465 e. The van der Waals surface area contributed by atoms with Crippen LogP contribution in [-0.4, -0.2) is 30.1 Å². The van der Waals surface area contributed by atoms with Gasteiger partial charge in [0.05, 0.1) is 18.6 Å². The summed E-state index contributed by atoms with van der Waals surface area (Å²) in [6, 6.07) is 0. The molecular weight excluding hydrogens is 448 g/mol. The molecule has 0 radical (unpaired) electrons. The van der Waals surface area contributed by atoms with Crippen LogP contribution < -0.4 is 0 Å².